The number of thioether (sulfide) groups is 1. The van der Waals surface area contributed by atoms with Crippen molar-refractivity contribution in [3.05, 3.63) is 124 Å². The standard InChI is InChI=1S/C65H82N6O10S/c1-9-10-15-22-64(2,3)68-61(72)21-16-29-82-65(4,5)43-69(23-24-78-27-28-79-26-25-75-6)48-31-44(41-80-59-37-53-51(35-57(59)76-7)62(73)70-49(39-66-53)33-46-17-11-13-19-55(46)70)30-45(32-48)42-81-60-38-54-52(36-58(60)77-8)63(74)71-50(40-67-54)34-47-18-12-14-20-56(47)71/h11-14,17-20,30-32,35-39,49-50,67H,9-10,15-16,21-29,33-34,40-43H2,1-8H3,(H,68,72)/t49-,50-/m0/s1. The van der Waals surface area contributed by atoms with Gasteiger partial charge >= 0.3 is 0 Å². The summed E-state index contributed by atoms with van der Waals surface area (Å²) in [5, 5.41) is 6.84. The number of ether oxygens (including phenoxy) is 7. The van der Waals surface area contributed by atoms with Gasteiger partial charge in [-0.3, -0.25) is 24.3 Å². The molecular formula is C65H82N6O10S. The van der Waals surface area contributed by atoms with Crippen LogP contribution in [-0.4, -0.2) is 126 Å². The fourth-order valence-electron chi connectivity index (χ4n) is 11.4. The van der Waals surface area contributed by atoms with Crippen molar-refractivity contribution in [1.82, 2.24) is 5.32 Å². The lowest BCUT2D eigenvalue weighted by atomic mass is 9.96. The number of fused-ring (bicyclic) bond motifs is 8. The first-order valence-corrected chi connectivity index (χ1v) is 29.9. The van der Waals surface area contributed by atoms with Crippen LogP contribution in [0.15, 0.2) is 96.0 Å². The van der Waals surface area contributed by atoms with Gasteiger partial charge in [-0.1, -0.05) is 62.6 Å². The van der Waals surface area contributed by atoms with E-state index in [9.17, 15) is 14.4 Å². The van der Waals surface area contributed by atoms with Crippen molar-refractivity contribution in [3.8, 4) is 23.0 Å². The molecule has 4 aliphatic heterocycles. The van der Waals surface area contributed by atoms with Gasteiger partial charge in [0.1, 0.15) is 13.2 Å². The average molecular weight is 1140 g/mol. The third kappa shape index (κ3) is 14.7. The summed E-state index contributed by atoms with van der Waals surface area (Å²) in [6, 6.07) is 29.4. The number of hydrogen-bond acceptors (Lipinski definition) is 14. The molecular weight excluding hydrogens is 1060 g/mol. The van der Waals surface area contributed by atoms with Gasteiger partial charge in [0.15, 0.2) is 23.0 Å². The van der Waals surface area contributed by atoms with Gasteiger partial charge in [0.2, 0.25) is 5.91 Å². The van der Waals surface area contributed by atoms with Gasteiger partial charge in [0, 0.05) is 85.3 Å². The number of benzene rings is 5. The molecule has 4 aliphatic rings. The van der Waals surface area contributed by atoms with E-state index in [-0.39, 0.29) is 53.3 Å². The maximum atomic E-state index is 14.3. The fraction of sp³-hybridized carbons (Fsp3) is 0.477. The number of unbranched alkanes of at least 4 members (excludes halogenated alkanes) is 2. The van der Waals surface area contributed by atoms with E-state index >= 15 is 0 Å². The number of rotatable bonds is 30. The smallest absolute Gasteiger partial charge is 0.261 e. The Hall–Kier alpha value is -6.79. The molecule has 0 bridgehead atoms. The summed E-state index contributed by atoms with van der Waals surface area (Å²) in [7, 11) is 4.81. The minimum absolute atomic E-state index is 0.0251. The molecule has 9 rings (SSSR count). The Bertz CT molecular complexity index is 3080. The van der Waals surface area contributed by atoms with Gasteiger partial charge in [-0.2, -0.15) is 11.8 Å². The number of amides is 3. The van der Waals surface area contributed by atoms with E-state index in [0.717, 1.165) is 83.6 Å². The summed E-state index contributed by atoms with van der Waals surface area (Å²) in [6.07, 6.45) is 8.90. The Labute approximate surface area is 488 Å². The van der Waals surface area contributed by atoms with Crippen LogP contribution in [0.3, 0.4) is 0 Å². The summed E-state index contributed by atoms with van der Waals surface area (Å²) in [4.78, 5) is 52.7. The van der Waals surface area contributed by atoms with E-state index in [1.165, 1.54) is 0 Å². The molecule has 0 radical (unpaired) electrons. The number of methoxy groups -OCH3 is 3. The van der Waals surface area contributed by atoms with Crippen molar-refractivity contribution in [3.63, 3.8) is 0 Å². The molecule has 5 aromatic rings. The second-order valence-electron chi connectivity index (χ2n) is 22.8. The Kier molecular flexibility index (Phi) is 20.1. The molecule has 5 aromatic carbocycles. The summed E-state index contributed by atoms with van der Waals surface area (Å²) in [5.74, 6) is 2.47. The van der Waals surface area contributed by atoms with E-state index in [2.05, 4.69) is 80.5 Å². The van der Waals surface area contributed by atoms with Gasteiger partial charge in [0.05, 0.1) is 81.8 Å². The van der Waals surface area contributed by atoms with Gasteiger partial charge in [-0.15, -0.1) is 0 Å². The van der Waals surface area contributed by atoms with Crippen LogP contribution in [0.5, 0.6) is 23.0 Å². The lowest BCUT2D eigenvalue weighted by molar-refractivity contribution is -0.122. The molecule has 2 N–H and O–H groups in total. The van der Waals surface area contributed by atoms with E-state index in [1.807, 2.05) is 70.2 Å². The van der Waals surface area contributed by atoms with Crippen LogP contribution in [0.2, 0.25) is 0 Å². The molecule has 0 saturated carbocycles. The monoisotopic (exact) mass is 1140 g/mol. The molecule has 0 unspecified atom stereocenters. The predicted molar refractivity (Wildman–Crippen MR) is 327 cm³/mol. The number of carbonyl (C=O) groups excluding carboxylic acids is 3. The number of aliphatic imine (C=N–C) groups is 1. The van der Waals surface area contributed by atoms with Crippen molar-refractivity contribution in [1.29, 1.82) is 0 Å². The second-order valence-corrected chi connectivity index (χ2v) is 24.6. The third-order valence-electron chi connectivity index (χ3n) is 15.5. The average Bonchev–Trinajstić information content (AvgIpc) is 3.20. The molecule has 0 spiro atoms. The quantitative estimate of drug-likeness (QED) is 0.0418. The number of nitrogens with zero attached hydrogens (tertiary/aromatic N) is 4. The molecule has 17 heteroatoms. The molecule has 0 aromatic heterocycles. The zero-order valence-corrected chi connectivity index (χ0v) is 49.9. The highest BCUT2D eigenvalue weighted by molar-refractivity contribution is 8.00. The summed E-state index contributed by atoms with van der Waals surface area (Å²) < 4.78 is 42.1. The first-order chi connectivity index (χ1) is 39.7. The van der Waals surface area contributed by atoms with Crippen molar-refractivity contribution in [2.75, 3.05) is 99.8 Å². The highest BCUT2D eigenvalue weighted by Crippen LogP contribution is 2.43. The zero-order chi connectivity index (χ0) is 57.8. The highest BCUT2D eigenvalue weighted by atomic mass is 32.2. The second kappa shape index (κ2) is 27.5. The Balaban J connectivity index is 0.981. The van der Waals surface area contributed by atoms with Crippen LogP contribution >= 0.6 is 11.8 Å². The molecule has 0 fully saturated rings. The van der Waals surface area contributed by atoms with Gasteiger partial charge in [-0.25, -0.2) is 0 Å². The van der Waals surface area contributed by atoms with Crippen molar-refractivity contribution in [2.45, 2.75) is 122 Å². The molecule has 4 heterocycles. The van der Waals surface area contributed by atoms with Crippen LogP contribution in [0.1, 0.15) is 116 Å². The first kappa shape index (κ1) is 59.8. The van der Waals surface area contributed by atoms with Crippen molar-refractivity contribution < 1.29 is 47.5 Å². The first-order valence-electron chi connectivity index (χ1n) is 29.0. The van der Waals surface area contributed by atoms with Gasteiger partial charge < -0.3 is 53.6 Å². The van der Waals surface area contributed by atoms with E-state index in [1.54, 1.807) is 39.5 Å². The summed E-state index contributed by atoms with van der Waals surface area (Å²) >= 11 is 1.85. The molecule has 0 saturated heterocycles. The fourth-order valence-corrected chi connectivity index (χ4v) is 12.4. The summed E-state index contributed by atoms with van der Waals surface area (Å²) in [6.45, 7) is 15.3. The minimum atomic E-state index is -0.247. The van der Waals surface area contributed by atoms with Crippen LogP contribution < -0.4 is 44.3 Å². The molecule has 438 valence electrons. The zero-order valence-electron chi connectivity index (χ0n) is 49.1. The Morgan fingerprint density at radius 1 is 0.732 bits per heavy atom. The molecule has 16 nitrogen and oxygen atoms in total. The predicted octanol–water partition coefficient (Wildman–Crippen LogP) is 11.4. The van der Waals surface area contributed by atoms with Crippen molar-refractivity contribution >= 4 is 64.1 Å². The molecule has 3 amide bonds. The van der Waals surface area contributed by atoms with E-state index in [4.69, 9.17) is 38.2 Å². The Morgan fingerprint density at radius 3 is 2.06 bits per heavy atom. The van der Waals surface area contributed by atoms with Crippen molar-refractivity contribution in [2.24, 2.45) is 4.99 Å². The maximum Gasteiger partial charge on any atom is 0.261 e. The number of nitrogens with one attached hydrogen (secondary N) is 2. The minimum Gasteiger partial charge on any atom is -0.493 e. The molecule has 0 aliphatic carbocycles. The number of anilines is 4. The topological polar surface area (TPSA) is 162 Å². The highest BCUT2D eigenvalue weighted by Gasteiger charge is 2.39. The SMILES string of the molecule is CCCCCC(C)(C)NC(=O)CCCSC(C)(C)CN(CCOCCOCCOC)c1cc(COc2cc3c(cc2OC)C(=O)N2c4ccccc4C[C@H]2C=N3)cc(COc2cc3c(cc2OC)C(=O)N2c4ccccc4C[C@H]2CN3)c1. The van der Waals surface area contributed by atoms with Gasteiger partial charge in [-0.05, 0) is 117 Å². The Morgan fingerprint density at radius 2 is 1.37 bits per heavy atom. The lowest BCUT2D eigenvalue weighted by Crippen LogP contribution is -2.43. The molecule has 82 heavy (non-hydrogen) atoms. The van der Waals surface area contributed by atoms with E-state index < -0.39 is 0 Å². The van der Waals surface area contributed by atoms with Gasteiger partial charge in [0.25, 0.3) is 11.8 Å². The van der Waals surface area contributed by atoms with Crippen LogP contribution in [-0.2, 0) is 45.1 Å². The number of hydrogen-bond donors (Lipinski definition) is 2. The lowest BCUT2D eigenvalue weighted by Gasteiger charge is -2.34. The molecule has 2 atom stereocenters. The van der Waals surface area contributed by atoms with Crippen LogP contribution in [0.25, 0.3) is 0 Å². The number of carbonyl (C=O) groups is 3. The van der Waals surface area contributed by atoms with E-state index in [0.29, 0.717) is 111 Å². The number of para-hydroxylation sites is 2. The summed E-state index contributed by atoms with van der Waals surface area (Å²) in [5.41, 5.74) is 8.67. The maximum absolute atomic E-state index is 14.3. The third-order valence-corrected chi connectivity index (χ3v) is 16.9. The largest absolute Gasteiger partial charge is 0.493 e. The van der Waals surface area contributed by atoms with Crippen LogP contribution in [0, 0.1) is 0 Å². The normalized spacial score (nSPS) is 16.0. The van der Waals surface area contributed by atoms with Crippen LogP contribution in [0.4, 0.5) is 28.4 Å².